The minimum atomic E-state index is 0.854. The molecule has 0 unspecified atom stereocenters. The molecule has 1 aliphatic rings. The summed E-state index contributed by atoms with van der Waals surface area (Å²) in [5.41, 5.74) is 5.13. The lowest BCUT2D eigenvalue weighted by atomic mass is 10.2. The summed E-state index contributed by atoms with van der Waals surface area (Å²) in [6.45, 7) is 5.84. The van der Waals surface area contributed by atoms with E-state index >= 15 is 0 Å². The first kappa shape index (κ1) is 15.7. The standard InChI is InChI=1S/C21H22N4O/c1-4-9-19-16(6-1)20-21(23-18-8-3-2-7-17(18)22-20)25(19)11-5-10-24-12-14-26-15-13-24/h1-4,6-9H,5,10-15H2. The minimum absolute atomic E-state index is 0.854. The predicted octanol–water partition coefficient (Wildman–Crippen LogP) is 3.46. The van der Waals surface area contributed by atoms with Gasteiger partial charge in [-0.25, -0.2) is 9.97 Å². The number of para-hydroxylation sites is 3. The van der Waals surface area contributed by atoms with Crippen molar-refractivity contribution in [3.05, 3.63) is 48.5 Å². The van der Waals surface area contributed by atoms with Gasteiger partial charge in [0.15, 0.2) is 5.65 Å². The van der Waals surface area contributed by atoms with Crippen LogP contribution in [0.2, 0.25) is 0 Å². The van der Waals surface area contributed by atoms with Gasteiger partial charge in [0.2, 0.25) is 0 Å². The molecule has 0 aliphatic carbocycles. The monoisotopic (exact) mass is 346 g/mol. The first-order valence-electron chi connectivity index (χ1n) is 9.34. The second-order valence-corrected chi connectivity index (χ2v) is 6.86. The van der Waals surface area contributed by atoms with Crippen LogP contribution in [0.4, 0.5) is 0 Å². The smallest absolute Gasteiger partial charge is 0.160 e. The second-order valence-electron chi connectivity index (χ2n) is 6.86. The van der Waals surface area contributed by atoms with E-state index in [0.717, 1.165) is 68.0 Å². The molecule has 26 heavy (non-hydrogen) atoms. The summed E-state index contributed by atoms with van der Waals surface area (Å²) in [6, 6.07) is 16.6. The van der Waals surface area contributed by atoms with Gasteiger partial charge in [-0.3, -0.25) is 4.90 Å². The van der Waals surface area contributed by atoms with Gasteiger partial charge in [-0.2, -0.15) is 0 Å². The maximum absolute atomic E-state index is 5.44. The van der Waals surface area contributed by atoms with Crippen LogP contribution in [0.5, 0.6) is 0 Å². The molecule has 4 aromatic rings. The highest BCUT2D eigenvalue weighted by atomic mass is 16.5. The summed E-state index contributed by atoms with van der Waals surface area (Å²) >= 11 is 0. The number of ether oxygens (including phenoxy) is 1. The average Bonchev–Trinajstić information content (AvgIpc) is 3.00. The van der Waals surface area contributed by atoms with Gasteiger partial charge in [0, 0.05) is 31.6 Å². The molecule has 2 aromatic carbocycles. The zero-order valence-corrected chi connectivity index (χ0v) is 14.8. The number of fused-ring (bicyclic) bond motifs is 4. The van der Waals surface area contributed by atoms with Gasteiger partial charge in [0.25, 0.3) is 0 Å². The van der Waals surface area contributed by atoms with Gasteiger partial charge >= 0.3 is 0 Å². The van der Waals surface area contributed by atoms with E-state index in [4.69, 9.17) is 14.7 Å². The molecule has 5 rings (SSSR count). The molecule has 0 atom stereocenters. The van der Waals surface area contributed by atoms with E-state index in [0.29, 0.717) is 0 Å². The molecule has 132 valence electrons. The average molecular weight is 346 g/mol. The summed E-state index contributed by atoms with van der Waals surface area (Å²) in [5, 5.41) is 1.19. The third-order valence-corrected chi connectivity index (χ3v) is 5.22. The number of nitrogens with zero attached hydrogens (tertiary/aromatic N) is 4. The minimum Gasteiger partial charge on any atom is -0.379 e. The molecule has 1 saturated heterocycles. The molecule has 1 fully saturated rings. The zero-order chi connectivity index (χ0) is 17.3. The molecular weight excluding hydrogens is 324 g/mol. The van der Waals surface area contributed by atoms with E-state index in [1.165, 1.54) is 10.9 Å². The molecular formula is C21H22N4O. The van der Waals surface area contributed by atoms with Crippen LogP contribution in [0.25, 0.3) is 33.1 Å². The van der Waals surface area contributed by atoms with E-state index in [1.807, 2.05) is 24.3 Å². The number of rotatable bonds is 4. The molecule has 0 radical (unpaired) electrons. The largest absolute Gasteiger partial charge is 0.379 e. The van der Waals surface area contributed by atoms with Crippen molar-refractivity contribution in [1.29, 1.82) is 0 Å². The molecule has 0 saturated carbocycles. The topological polar surface area (TPSA) is 43.2 Å². The van der Waals surface area contributed by atoms with E-state index in [9.17, 15) is 0 Å². The molecule has 0 N–H and O–H groups in total. The van der Waals surface area contributed by atoms with Gasteiger partial charge in [-0.15, -0.1) is 0 Å². The summed E-state index contributed by atoms with van der Waals surface area (Å²) in [4.78, 5) is 12.3. The summed E-state index contributed by atoms with van der Waals surface area (Å²) < 4.78 is 7.78. The number of benzene rings is 2. The van der Waals surface area contributed by atoms with Crippen LogP contribution in [0.3, 0.4) is 0 Å². The lowest BCUT2D eigenvalue weighted by Crippen LogP contribution is -2.37. The van der Waals surface area contributed by atoms with Crippen LogP contribution >= 0.6 is 0 Å². The Bertz CT molecular complexity index is 1070. The molecule has 0 spiro atoms. The number of hydrogen-bond donors (Lipinski definition) is 0. The Morgan fingerprint density at radius 2 is 1.58 bits per heavy atom. The molecule has 0 amide bonds. The summed E-state index contributed by atoms with van der Waals surface area (Å²) in [7, 11) is 0. The maximum Gasteiger partial charge on any atom is 0.160 e. The van der Waals surface area contributed by atoms with Gasteiger partial charge in [0.1, 0.15) is 5.52 Å². The van der Waals surface area contributed by atoms with Crippen molar-refractivity contribution < 1.29 is 4.74 Å². The lowest BCUT2D eigenvalue weighted by molar-refractivity contribution is 0.0370. The van der Waals surface area contributed by atoms with E-state index in [1.54, 1.807) is 0 Å². The van der Waals surface area contributed by atoms with Crippen LogP contribution in [0.1, 0.15) is 6.42 Å². The normalized spacial score (nSPS) is 16.0. The van der Waals surface area contributed by atoms with Crippen molar-refractivity contribution in [2.45, 2.75) is 13.0 Å². The fourth-order valence-electron chi connectivity index (χ4n) is 3.89. The van der Waals surface area contributed by atoms with E-state index in [2.05, 4.69) is 33.7 Å². The van der Waals surface area contributed by atoms with Gasteiger partial charge in [-0.1, -0.05) is 30.3 Å². The van der Waals surface area contributed by atoms with Crippen LogP contribution in [-0.2, 0) is 11.3 Å². The Morgan fingerprint density at radius 3 is 2.42 bits per heavy atom. The molecule has 2 aromatic heterocycles. The molecule has 5 nitrogen and oxygen atoms in total. The fraction of sp³-hybridized carbons (Fsp3) is 0.333. The Hall–Kier alpha value is -2.50. The quantitative estimate of drug-likeness (QED) is 0.568. The highest BCUT2D eigenvalue weighted by molar-refractivity contribution is 6.06. The van der Waals surface area contributed by atoms with Crippen molar-refractivity contribution in [3.63, 3.8) is 0 Å². The van der Waals surface area contributed by atoms with E-state index in [-0.39, 0.29) is 0 Å². The molecule has 0 bridgehead atoms. The highest BCUT2D eigenvalue weighted by Gasteiger charge is 2.15. The van der Waals surface area contributed by atoms with Crippen LogP contribution < -0.4 is 0 Å². The molecule has 3 heterocycles. The van der Waals surface area contributed by atoms with E-state index < -0.39 is 0 Å². The zero-order valence-electron chi connectivity index (χ0n) is 14.8. The van der Waals surface area contributed by atoms with Crippen molar-refractivity contribution in [2.24, 2.45) is 0 Å². The van der Waals surface area contributed by atoms with Gasteiger partial charge in [-0.05, 0) is 24.6 Å². The van der Waals surface area contributed by atoms with Gasteiger partial charge < -0.3 is 9.30 Å². The van der Waals surface area contributed by atoms with Crippen LogP contribution in [0.15, 0.2) is 48.5 Å². The first-order chi connectivity index (χ1) is 12.9. The van der Waals surface area contributed by atoms with Crippen LogP contribution in [-0.4, -0.2) is 52.3 Å². The molecule has 1 aliphatic heterocycles. The Kier molecular flexibility index (Phi) is 4.03. The molecule has 5 heteroatoms. The highest BCUT2D eigenvalue weighted by Crippen LogP contribution is 2.28. The second kappa shape index (κ2) is 6.67. The number of aryl methyl sites for hydroxylation is 1. The number of morpholine rings is 1. The van der Waals surface area contributed by atoms with Crippen molar-refractivity contribution in [1.82, 2.24) is 19.4 Å². The lowest BCUT2D eigenvalue weighted by Gasteiger charge is -2.26. The third kappa shape index (κ3) is 2.73. The Balaban J connectivity index is 1.54. The number of aromatic nitrogens is 3. The SMILES string of the molecule is c1ccc2nc3c(nc2c1)c1ccccc1n3CCCN1CCOCC1. The third-order valence-electron chi connectivity index (χ3n) is 5.22. The first-order valence-corrected chi connectivity index (χ1v) is 9.34. The van der Waals surface area contributed by atoms with Gasteiger partial charge in [0.05, 0.1) is 29.8 Å². The van der Waals surface area contributed by atoms with Crippen molar-refractivity contribution in [3.8, 4) is 0 Å². The Labute approximate surface area is 152 Å². The summed E-state index contributed by atoms with van der Waals surface area (Å²) in [5.74, 6) is 0. The predicted molar refractivity (Wildman–Crippen MR) is 104 cm³/mol. The maximum atomic E-state index is 5.44. The van der Waals surface area contributed by atoms with Crippen molar-refractivity contribution in [2.75, 3.05) is 32.8 Å². The number of hydrogen-bond acceptors (Lipinski definition) is 4. The fourth-order valence-corrected chi connectivity index (χ4v) is 3.89. The summed E-state index contributed by atoms with van der Waals surface area (Å²) in [6.07, 6.45) is 1.10. The Morgan fingerprint density at radius 1 is 0.846 bits per heavy atom. The van der Waals surface area contributed by atoms with Crippen LogP contribution in [0, 0.1) is 0 Å². The van der Waals surface area contributed by atoms with Crippen molar-refractivity contribution >= 4 is 33.1 Å².